The van der Waals surface area contributed by atoms with E-state index in [0.717, 1.165) is 25.0 Å². The largest absolute Gasteiger partial charge is 0.369 e. The number of anilines is 1. The Morgan fingerprint density at radius 3 is 2.88 bits per heavy atom. The van der Waals surface area contributed by atoms with E-state index in [2.05, 4.69) is 36.6 Å². The monoisotopic (exact) mass is 352 g/mol. The van der Waals surface area contributed by atoms with Crippen molar-refractivity contribution in [2.24, 2.45) is 0 Å². The van der Waals surface area contributed by atoms with Gasteiger partial charge in [0.1, 0.15) is 17.8 Å². The third-order valence-electron chi connectivity index (χ3n) is 4.12. The minimum Gasteiger partial charge on any atom is -0.369 e. The van der Waals surface area contributed by atoms with Gasteiger partial charge in [0.15, 0.2) is 0 Å². The Morgan fingerprint density at radius 2 is 2.04 bits per heavy atom. The summed E-state index contributed by atoms with van der Waals surface area (Å²) in [5.41, 5.74) is 2.67. The zero-order chi connectivity index (χ0) is 18.4. The molecule has 1 aromatic carbocycles. The lowest BCUT2D eigenvalue weighted by molar-refractivity contribution is 0.0949. The minimum absolute atomic E-state index is 0.192. The van der Waals surface area contributed by atoms with E-state index in [-0.39, 0.29) is 5.91 Å². The SMILES string of the molecule is CN(C)CCNc1cc(C(=O)NCCc2c[nH]c3ccccc23)ncn1. The van der Waals surface area contributed by atoms with Gasteiger partial charge in [-0.2, -0.15) is 0 Å². The Bertz CT molecular complexity index is 873. The molecule has 0 aliphatic carbocycles. The van der Waals surface area contributed by atoms with Gasteiger partial charge < -0.3 is 20.5 Å². The van der Waals surface area contributed by atoms with E-state index < -0.39 is 0 Å². The van der Waals surface area contributed by atoms with Crippen molar-refractivity contribution >= 4 is 22.6 Å². The van der Waals surface area contributed by atoms with Crippen molar-refractivity contribution in [2.75, 3.05) is 39.0 Å². The number of hydrogen-bond donors (Lipinski definition) is 3. The number of carbonyl (C=O) groups excluding carboxylic acids is 1. The zero-order valence-corrected chi connectivity index (χ0v) is 15.1. The molecular formula is C19H24N6O. The van der Waals surface area contributed by atoms with E-state index in [1.165, 1.54) is 17.3 Å². The summed E-state index contributed by atoms with van der Waals surface area (Å²) in [6, 6.07) is 9.83. The van der Waals surface area contributed by atoms with Crippen molar-refractivity contribution in [3.8, 4) is 0 Å². The van der Waals surface area contributed by atoms with Gasteiger partial charge in [0.2, 0.25) is 0 Å². The number of nitrogens with one attached hydrogen (secondary N) is 3. The first-order valence-electron chi connectivity index (χ1n) is 8.67. The molecule has 3 rings (SSSR count). The number of para-hydroxylation sites is 1. The van der Waals surface area contributed by atoms with E-state index >= 15 is 0 Å². The Morgan fingerprint density at radius 1 is 1.19 bits per heavy atom. The first-order chi connectivity index (χ1) is 12.6. The second-order valence-corrected chi connectivity index (χ2v) is 6.38. The van der Waals surface area contributed by atoms with Gasteiger partial charge in [0.25, 0.3) is 5.91 Å². The number of likely N-dealkylation sites (N-methyl/N-ethyl adjacent to an activating group) is 1. The molecule has 3 aromatic rings. The lowest BCUT2D eigenvalue weighted by atomic mass is 10.1. The van der Waals surface area contributed by atoms with E-state index in [1.807, 2.05) is 38.5 Å². The zero-order valence-electron chi connectivity index (χ0n) is 15.1. The molecule has 0 saturated heterocycles. The fourth-order valence-corrected chi connectivity index (χ4v) is 2.73. The number of aromatic nitrogens is 3. The summed E-state index contributed by atoms with van der Waals surface area (Å²) < 4.78 is 0. The van der Waals surface area contributed by atoms with Crippen molar-refractivity contribution in [3.63, 3.8) is 0 Å². The van der Waals surface area contributed by atoms with Crippen LogP contribution in [0.25, 0.3) is 10.9 Å². The lowest BCUT2D eigenvalue weighted by Crippen LogP contribution is -2.27. The highest BCUT2D eigenvalue weighted by Crippen LogP contribution is 2.17. The summed E-state index contributed by atoms with van der Waals surface area (Å²) in [7, 11) is 4.02. The van der Waals surface area contributed by atoms with E-state index in [4.69, 9.17) is 0 Å². The molecule has 7 heteroatoms. The highest BCUT2D eigenvalue weighted by Gasteiger charge is 2.09. The van der Waals surface area contributed by atoms with Crippen LogP contribution in [0, 0.1) is 0 Å². The van der Waals surface area contributed by atoms with Gasteiger partial charge in [-0.1, -0.05) is 18.2 Å². The number of aromatic amines is 1. The van der Waals surface area contributed by atoms with Crippen LogP contribution in [0.1, 0.15) is 16.1 Å². The molecule has 0 aliphatic heterocycles. The van der Waals surface area contributed by atoms with Gasteiger partial charge in [-0.3, -0.25) is 4.79 Å². The maximum atomic E-state index is 12.3. The number of nitrogens with zero attached hydrogens (tertiary/aromatic N) is 3. The van der Waals surface area contributed by atoms with Crippen LogP contribution < -0.4 is 10.6 Å². The number of H-pyrrole nitrogens is 1. The molecule has 1 amide bonds. The lowest BCUT2D eigenvalue weighted by Gasteiger charge is -2.11. The molecule has 26 heavy (non-hydrogen) atoms. The molecule has 0 unspecified atom stereocenters. The van der Waals surface area contributed by atoms with Crippen LogP contribution in [0.5, 0.6) is 0 Å². The topological polar surface area (TPSA) is 85.9 Å². The summed E-state index contributed by atoms with van der Waals surface area (Å²) in [5.74, 6) is 0.464. The van der Waals surface area contributed by atoms with Crippen LogP contribution in [-0.4, -0.2) is 59.5 Å². The average molecular weight is 352 g/mol. The summed E-state index contributed by atoms with van der Waals surface area (Å²) >= 11 is 0. The normalized spacial score (nSPS) is 11.0. The van der Waals surface area contributed by atoms with E-state index in [0.29, 0.717) is 18.1 Å². The van der Waals surface area contributed by atoms with Gasteiger partial charge in [-0.25, -0.2) is 9.97 Å². The van der Waals surface area contributed by atoms with Crippen LogP contribution in [-0.2, 0) is 6.42 Å². The van der Waals surface area contributed by atoms with Crippen LogP contribution >= 0.6 is 0 Å². The van der Waals surface area contributed by atoms with Gasteiger partial charge >= 0.3 is 0 Å². The molecule has 0 aliphatic rings. The standard InChI is InChI=1S/C19H24N6O/c1-25(2)10-9-20-18-11-17(23-13-24-18)19(26)21-8-7-14-12-22-16-6-4-3-5-15(14)16/h3-6,11-13,22H,7-10H2,1-2H3,(H,21,26)(H,20,23,24). The highest BCUT2D eigenvalue weighted by molar-refractivity contribution is 5.92. The molecule has 136 valence electrons. The van der Waals surface area contributed by atoms with Crippen molar-refractivity contribution in [3.05, 3.63) is 54.1 Å². The number of fused-ring (bicyclic) bond motifs is 1. The van der Waals surface area contributed by atoms with E-state index in [1.54, 1.807) is 6.07 Å². The van der Waals surface area contributed by atoms with E-state index in [9.17, 15) is 4.79 Å². The Kier molecular flexibility index (Phi) is 5.80. The molecule has 0 bridgehead atoms. The Hall–Kier alpha value is -2.93. The molecule has 0 fully saturated rings. The first kappa shape index (κ1) is 17.9. The smallest absolute Gasteiger partial charge is 0.270 e. The Balaban J connectivity index is 1.53. The number of amides is 1. The van der Waals surface area contributed by atoms with Gasteiger partial charge in [-0.15, -0.1) is 0 Å². The van der Waals surface area contributed by atoms with Crippen molar-refractivity contribution in [1.82, 2.24) is 25.2 Å². The van der Waals surface area contributed by atoms with Gasteiger partial charge in [0, 0.05) is 42.8 Å². The molecule has 2 aromatic heterocycles. The molecule has 0 saturated carbocycles. The second-order valence-electron chi connectivity index (χ2n) is 6.38. The number of benzene rings is 1. The quantitative estimate of drug-likeness (QED) is 0.576. The highest BCUT2D eigenvalue weighted by atomic mass is 16.1. The first-order valence-corrected chi connectivity index (χ1v) is 8.67. The molecule has 0 spiro atoms. The third-order valence-corrected chi connectivity index (χ3v) is 4.12. The molecule has 0 radical (unpaired) electrons. The van der Waals surface area contributed by atoms with Crippen molar-refractivity contribution in [2.45, 2.75) is 6.42 Å². The summed E-state index contributed by atoms with van der Waals surface area (Å²) in [6.45, 7) is 2.19. The number of rotatable bonds is 8. The number of carbonyl (C=O) groups is 1. The van der Waals surface area contributed by atoms with Crippen molar-refractivity contribution in [1.29, 1.82) is 0 Å². The predicted octanol–water partition coefficient (Wildman–Crippen LogP) is 1.90. The third kappa shape index (κ3) is 4.58. The summed E-state index contributed by atoms with van der Waals surface area (Å²) in [4.78, 5) is 25.9. The van der Waals surface area contributed by atoms with Crippen LogP contribution in [0.2, 0.25) is 0 Å². The summed E-state index contributed by atoms with van der Waals surface area (Å²) in [6.07, 6.45) is 4.16. The molecule has 3 N–H and O–H groups in total. The molecular weight excluding hydrogens is 328 g/mol. The minimum atomic E-state index is -0.192. The predicted molar refractivity (Wildman–Crippen MR) is 103 cm³/mol. The second kappa shape index (κ2) is 8.44. The van der Waals surface area contributed by atoms with Gasteiger partial charge in [-0.05, 0) is 32.1 Å². The molecule has 2 heterocycles. The maximum Gasteiger partial charge on any atom is 0.270 e. The number of hydrogen-bond acceptors (Lipinski definition) is 5. The van der Waals surface area contributed by atoms with Crippen LogP contribution in [0.4, 0.5) is 5.82 Å². The average Bonchev–Trinajstić information content (AvgIpc) is 3.05. The van der Waals surface area contributed by atoms with Gasteiger partial charge in [0.05, 0.1) is 0 Å². The maximum absolute atomic E-state index is 12.3. The van der Waals surface area contributed by atoms with Crippen LogP contribution in [0.15, 0.2) is 42.9 Å². The molecule has 0 atom stereocenters. The fourth-order valence-electron chi connectivity index (χ4n) is 2.73. The molecule has 7 nitrogen and oxygen atoms in total. The summed E-state index contributed by atoms with van der Waals surface area (Å²) in [5, 5.41) is 7.31. The van der Waals surface area contributed by atoms with Crippen LogP contribution in [0.3, 0.4) is 0 Å². The fraction of sp³-hybridized carbons (Fsp3) is 0.316. The Labute approximate surface area is 152 Å². The van der Waals surface area contributed by atoms with Crippen molar-refractivity contribution < 1.29 is 4.79 Å².